The number of likely N-dealkylation sites (tertiary alicyclic amines) is 1. The predicted molar refractivity (Wildman–Crippen MR) is 135 cm³/mol. The van der Waals surface area contributed by atoms with Crippen molar-refractivity contribution in [2.75, 3.05) is 53.5 Å². The molecule has 0 spiro atoms. The Morgan fingerprint density at radius 1 is 1.20 bits per heavy atom. The number of hydrogen-bond donors (Lipinski definition) is 2. The van der Waals surface area contributed by atoms with Crippen molar-refractivity contribution < 1.29 is 4.74 Å². The molecule has 168 valence electrons. The maximum atomic E-state index is 5.18. The minimum Gasteiger partial charge on any atom is -0.383 e. The molecule has 0 saturated carbocycles. The Morgan fingerprint density at radius 3 is 2.70 bits per heavy atom. The number of aryl methyl sites for hydroxylation is 2. The van der Waals surface area contributed by atoms with E-state index in [2.05, 4.69) is 55.2 Å². The number of halogens is 1. The number of guanidine groups is 1. The molecule has 2 N–H and O–H groups in total. The van der Waals surface area contributed by atoms with Crippen molar-refractivity contribution in [3.05, 3.63) is 30.1 Å². The Bertz CT molecular complexity index is 785. The minimum atomic E-state index is 0. The second-order valence-corrected chi connectivity index (χ2v) is 7.81. The van der Waals surface area contributed by atoms with Crippen molar-refractivity contribution in [3.63, 3.8) is 0 Å². The molecule has 1 fully saturated rings. The number of aliphatic imine (C=N–C) groups is 1. The molecule has 2 heterocycles. The number of ether oxygens (including phenoxy) is 1. The molecule has 1 aliphatic heterocycles. The van der Waals surface area contributed by atoms with E-state index in [1.165, 1.54) is 31.4 Å². The molecule has 0 bridgehead atoms. The van der Waals surface area contributed by atoms with Gasteiger partial charge >= 0.3 is 0 Å². The molecule has 2 aromatic rings. The third-order valence-electron chi connectivity index (χ3n) is 5.80. The number of fused-ring (bicyclic) bond motifs is 1. The monoisotopic (exact) mass is 528 g/mol. The second kappa shape index (κ2) is 13.1. The van der Waals surface area contributed by atoms with Crippen LogP contribution < -0.4 is 10.6 Å². The highest BCUT2D eigenvalue weighted by atomic mass is 127. The van der Waals surface area contributed by atoms with Gasteiger partial charge in [-0.25, -0.2) is 4.98 Å². The first-order chi connectivity index (χ1) is 14.2. The molecule has 1 aliphatic rings. The zero-order valence-electron chi connectivity index (χ0n) is 18.6. The summed E-state index contributed by atoms with van der Waals surface area (Å²) in [5.74, 6) is 2.69. The normalized spacial score (nSPS) is 15.9. The van der Waals surface area contributed by atoms with Crippen LogP contribution in [-0.2, 0) is 11.3 Å². The average Bonchev–Trinajstić information content (AvgIpc) is 3.07. The molecule has 0 unspecified atom stereocenters. The van der Waals surface area contributed by atoms with E-state index >= 15 is 0 Å². The summed E-state index contributed by atoms with van der Waals surface area (Å²) >= 11 is 0. The van der Waals surface area contributed by atoms with Crippen molar-refractivity contribution in [2.24, 2.45) is 10.9 Å². The molecule has 8 heteroatoms. The molecular formula is C22H37IN6O. The summed E-state index contributed by atoms with van der Waals surface area (Å²) in [5.41, 5.74) is 2.29. The van der Waals surface area contributed by atoms with Crippen LogP contribution in [0.5, 0.6) is 0 Å². The number of benzene rings is 1. The molecule has 0 radical (unpaired) electrons. The first kappa shape index (κ1) is 24.9. The summed E-state index contributed by atoms with van der Waals surface area (Å²) in [7, 11) is 3.62. The fraction of sp³-hybridized carbons (Fsp3) is 0.636. The number of imidazole rings is 1. The first-order valence-electron chi connectivity index (χ1n) is 10.8. The standard InChI is InChI=1S/C22H36N6O.HI/c1-18-26-20-7-4-5-8-21(20)28(18)12-6-11-24-22(23-2)25-17-19-9-13-27(14-10-19)15-16-29-3;/h4-5,7-8,19H,6,9-17H2,1-3H3,(H2,23,24,25);1H. The highest BCUT2D eigenvalue weighted by Crippen LogP contribution is 2.16. The Labute approximate surface area is 197 Å². The zero-order valence-corrected chi connectivity index (χ0v) is 20.9. The summed E-state index contributed by atoms with van der Waals surface area (Å²) in [6.45, 7) is 9.12. The van der Waals surface area contributed by atoms with Gasteiger partial charge in [-0.05, 0) is 57.3 Å². The van der Waals surface area contributed by atoms with E-state index in [0.717, 1.165) is 56.5 Å². The van der Waals surface area contributed by atoms with E-state index < -0.39 is 0 Å². The molecule has 1 aromatic heterocycles. The molecule has 1 saturated heterocycles. The maximum Gasteiger partial charge on any atom is 0.190 e. The summed E-state index contributed by atoms with van der Waals surface area (Å²) < 4.78 is 7.48. The summed E-state index contributed by atoms with van der Waals surface area (Å²) in [6.07, 6.45) is 3.50. The van der Waals surface area contributed by atoms with Gasteiger partial charge in [0.05, 0.1) is 17.6 Å². The Morgan fingerprint density at radius 2 is 1.97 bits per heavy atom. The second-order valence-electron chi connectivity index (χ2n) is 7.81. The smallest absolute Gasteiger partial charge is 0.190 e. The topological polar surface area (TPSA) is 66.7 Å². The van der Waals surface area contributed by atoms with Gasteiger partial charge in [0, 0.05) is 40.3 Å². The lowest BCUT2D eigenvalue weighted by Gasteiger charge is -2.32. The fourth-order valence-corrected chi connectivity index (χ4v) is 4.02. The largest absolute Gasteiger partial charge is 0.383 e. The minimum absolute atomic E-state index is 0. The first-order valence-corrected chi connectivity index (χ1v) is 10.8. The predicted octanol–water partition coefficient (Wildman–Crippen LogP) is 2.88. The Balaban J connectivity index is 0.00000320. The van der Waals surface area contributed by atoms with E-state index in [-0.39, 0.29) is 24.0 Å². The van der Waals surface area contributed by atoms with Gasteiger partial charge in [0.1, 0.15) is 5.82 Å². The lowest BCUT2D eigenvalue weighted by molar-refractivity contribution is 0.121. The van der Waals surface area contributed by atoms with Gasteiger partial charge in [0.15, 0.2) is 5.96 Å². The number of hydrogen-bond acceptors (Lipinski definition) is 4. The van der Waals surface area contributed by atoms with E-state index in [1.807, 2.05) is 13.1 Å². The van der Waals surface area contributed by atoms with Gasteiger partial charge in [0.2, 0.25) is 0 Å². The van der Waals surface area contributed by atoms with Crippen molar-refractivity contribution in [2.45, 2.75) is 32.7 Å². The summed E-state index contributed by atoms with van der Waals surface area (Å²) in [6, 6.07) is 8.33. The molecule has 3 rings (SSSR count). The number of nitrogens with one attached hydrogen (secondary N) is 2. The van der Waals surface area contributed by atoms with Crippen LogP contribution in [0, 0.1) is 12.8 Å². The van der Waals surface area contributed by atoms with E-state index in [0.29, 0.717) is 5.92 Å². The van der Waals surface area contributed by atoms with Gasteiger partial charge in [-0.3, -0.25) is 4.99 Å². The van der Waals surface area contributed by atoms with Crippen LogP contribution >= 0.6 is 24.0 Å². The molecule has 1 aromatic carbocycles. The van der Waals surface area contributed by atoms with E-state index in [9.17, 15) is 0 Å². The zero-order chi connectivity index (χ0) is 20.5. The number of piperidine rings is 1. The van der Waals surface area contributed by atoms with Crippen molar-refractivity contribution in [3.8, 4) is 0 Å². The summed E-state index contributed by atoms with van der Waals surface area (Å²) in [4.78, 5) is 11.5. The van der Waals surface area contributed by atoms with Crippen molar-refractivity contribution in [1.29, 1.82) is 0 Å². The third kappa shape index (κ3) is 7.09. The van der Waals surface area contributed by atoms with Gasteiger partial charge in [-0.2, -0.15) is 0 Å². The third-order valence-corrected chi connectivity index (χ3v) is 5.80. The number of rotatable bonds is 9. The summed E-state index contributed by atoms with van der Waals surface area (Å²) in [5, 5.41) is 6.96. The molecule has 0 amide bonds. The lowest BCUT2D eigenvalue weighted by Crippen LogP contribution is -2.43. The average molecular weight is 528 g/mol. The molecule has 30 heavy (non-hydrogen) atoms. The molecule has 0 aliphatic carbocycles. The molecule has 7 nitrogen and oxygen atoms in total. The number of methoxy groups -OCH3 is 1. The van der Waals surface area contributed by atoms with E-state index in [1.54, 1.807) is 7.11 Å². The quantitative estimate of drug-likeness (QED) is 0.227. The van der Waals surface area contributed by atoms with Gasteiger partial charge < -0.3 is 24.8 Å². The van der Waals surface area contributed by atoms with Crippen molar-refractivity contribution in [1.82, 2.24) is 25.1 Å². The van der Waals surface area contributed by atoms with Crippen LogP contribution in [0.1, 0.15) is 25.1 Å². The highest BCUT2D eigenvalue weighted by Gasteiger charge is 2.19. The van der Waals surface area contributed by atoms with Crippen LogP contribution in [0.3, 0.4) is 0 Å². The molecular weight excluding hydrogens is 491 g/mol. The van der Waals surface area contributed by atoms with Crippen LogP contribution in [0.15, 0.2) is 29.3 Å². The number of para-hydroxylation sites is 2. The lowest BCUT2D eigenvalue weighted by atomic mass is 9.97. The van der Waals surface area contributed by atoms with Crippen LogP contribution in [0.4, 0.5) is 0 Å². The van der Waals surface area contributed by atoms with Gasteiger partial charge in [0.25, 0.3) is 0 Å². The highest BCUT2D eigenvalue weighted by molar-refractivity contribution is 14.0. The van der Waals surface area contributed by atoms with Crippen molar-refractivity contribution >= 4 is 41.0 Å². The Hall–Kier alpha value is -1.39. The van der Waals surface area contributed by atoms with E-state index in [4.69, 9.17) is 4.74 Å². The Kier molecular flexibility index (Phi) is 10.9. The number of aromatic nitrogens is 2. The molecule has 0 atom stereocenters. The fourth-order valence-electron chi connectivity index (χ4n) is 4.02. The van der Waals surface area contributed by atoms with Crippen LogP contribution in [0.2, 0.25) is 0 Å². The SMILES string of the molecule is CN=C(NCCCn1c(C)nc2ccccc21)NCC1CCN(CCOC)CC1.I. The van der Waals surface area contributed by atoms with Gasteiger partial charge in [-0.1, -0.05) is 12.1 Å². The van der Waals surface area contributed by atoms with Gasteiger partial charge in [-0.15, -0.1) is 24.0 Å². The van der Waals surface area contributed by atoms with Crippen LogP contribution in [0.25, 0.3) is 11.0 Å². The van der Waals surface area contributed by atoms with Crippen LogP contribution in [-0.4, -0.2) is 73.9 Å². The number of nitrogens with zero attached hydrogens (tertiary/aromatic N) is 4. The maximum absolute atomic E-state index is 5.18.